The second-order valence-electron chi connectivity index (χ2n) is 4.01. The topological polar surface area (TPSA) is 81.4 Å². The summed E-state index contributed by atoms with van der Waals surface area (Å²) in [6, 6.07) is 6.72. The lowest BCUT2D eigenvalue weighted by molar-refractivity contribution is 0.340. The van der Waals surface area contributed by atoms with Crippen LogP contribution in [0.4, 0.5) is 5.69 Å². The number of anilines is 1. The van der Waals surface area contributed by atoms with E-state index in [-0.39, 0.29) is 18.4 Å². The van der Waals surface area contributed by atoms with Gasteiger partial charge in [-0.25, -0.2) is 13.1 Å². The van der Waals surface area contributed by atoms with E-state index in [0.29, 0.717) is 11.4 Å². The number of nitrogens with two attached hydrogens (primary N) is 1. The zero-order chi connectivity index (χ0) is 12.9. The molecule has 5 nitrogen and oxygen atoms in total. The molecule has 3 N–H and O–H groups in total. The Balaban J connectivity index is 2.40. The third kappa shape index (κ3) is 5.55. The van der Waals surface area contributed by atoms with Gasteiger partial charge in [0.2, 0.25) is 10.0 Å². The molecule has 0 aliphatic rings. The van der Waals surface area contributed by atoms with Crippen LogP contribution in [0.2, 0.25) is 0 Å². The first-order valence-corrected chi connectivity index (χ1v) is 7.02. The number of nitrogen functional groups attached to an aromatic ring is 1. The standard InChI is InChI=1S/C11H18N2O3S/c1-9(2)13-17(14,15)8-7-16-11-5-3-10(12)4-6-11/h3-6,9,13H,7-8,12H2,1-2H3. The third-order valence-electron chi connectivity index (χ3n) is 1.92. The molecule has 0 unspecified atom stereocenters. The van der Waals surface area contributed by atoms with E-state index in [4.69, 9.17) is 10.5 Å². The van der Waals surface area contributed by atoms with E-state index in [9.17, 15) is 8.42 Å². The van der Waals surface area contributed by atoms with Gasteiger partial charge in [0.05, 0.1) is 5.75 Å². The summed E-state index contributed by atoms with van der Waals surface area (Å²) in [7, 11) is -3.26. The molecule has 96 valence electrons. The Morgan fingerprint density at radius 3 is 2.41 bits per heavy atom. The molecule has 0 amide bonds. The van der Waals surface area contributed by atoms with Crippen molar-refractivity contribution < 1.29 is 13.2 Å². The summed E-state index contributed by atoms with van der Waals surface area (Å²) < 4.78 is 30.7. The van der Waals surface area contributed by atoms with Crippen LogP contribution in [0.3, 0.4) is 0 Å². The maximum absolute atomic E-state index is 11.5. The zero-order valence-corrected chi connectivity index (χ0v) is 10.8. The van der Waals surface area contributed by atoms with Crippen LogP contribution in [0.15, 0.2) is 24.3 Å². The summed E-state index contributed by atoms with van der Waals surface area (Å²) in [6.07, 6.45) is 0. The normalized spacial score (nSPS) is 11.7. The molecular weight excluding hydrogens is 240 g/mol. The Labute approximate surface area is 102 Å². The lowest BCUT2D eigenvalue weighted by Gasteiger charge is -2.10. The van der Waals surface area contributed by atoms with E-state index < -0.39 is 10.0 Å². The molecule has 17 heavy (non-hydrogen) atoms. The van der Waals surface area contributed by atoms with Crippen LogP contribution in [-0.4, -0.2) is 26.8 Å². The minimum absolute atomic E-state index is 0.0600. The predicted molar refractivity (Wildman–Crippen MR) is 68.4 cm³/mol. The summed E-state index contributed by atoms with van der Waals surface area (Å²) >= 11 is 0. The van der Waals surface area contributed by atoms with Crippen molar-refractivity contribution in [2.24, 2.45) is 0 Å². The maximum atomic E-state index is 11.5. The molecule has 0 saturated heterocycles. The van der Waals surface area contributed by atoms with Crippen LogP contribution in [0.5, 0.6) is 5.75 Å². The molecule has 0 atom stereocenters. The smallest absolute Gasteiger partial charge is 0.215 e. The van der Waals surface area contributed by atoms with Crippen LogP contribution in [-0.2, 0) is 10.0 Å². The molecule has 0 fully saturated rings. The molecule has 0 aromatic heterocycles. The molecule has 0 aliphatic carbocycles. The van der Waals surface area contributed by atoms with Crippen molar-refractivity contribution in [3.63, 3.8) is 0 Å². The maximum Gasteiger partial charge on any atom is 0.215 e. The number of nitrogens with one attached hydrogen (secondary N) is 1. The predicted octanol–water partition coefficient (Wildman–Crippen LogP) is 0.975. The fourth-order valence-electron chi connectivity index (χ4n) is 1.25. The summed E-state index contributed by atoms with van der Waals surface area (Å²) in [6.45, 7) is 3.67. The van der Waals surface area contributed by atoms with Gasteiger partial charge in [-0.1, -0.05) is 0 Å². The van der Waals surface area contributed by atoms with Crippen molar-refractivity contribution in [3.8, 4) is 5.75 Å². The molecule has 0 aliphatic heterocycles. The summed E-state index contributed by atoms with van der Waals surface area (Å²) in [5.74, 6) is 0.550. The Morgan fingerprint density at radius 1 is 1.29 bits per heavy atom. The number of hydrogen-bond acceptors (Lipinski definition) is 4. The van der Waals surface area contributed by atoms with E-state index in [1.54, 1.807) is 38.1 Å². The minimum Gasteiger partial charge on any atom is -0.492 e. The van der Waals surface area contributed by atoms with Crippen LogP contribution in [0.25, 0.3) is 0 Å². The fraction of sp³-hybridized carbons (Fsp3) is 0.455. The third-order valence-corrected chi connectivity index (χ3v) is 3.45. The van der Waals surface area contributed by atoms with Crippen molar-refractivity contribution in [2.75, 3.05) is 18.1 Å². The second kappa shape index (κ2) is 5.88. The van der Waals surface area contributed by atoms with Gasteiger partial charge < -0.3 is 10.5 Å². The van der Waals surface area contributed by atoms with Gasteiger partial charge in [0.25, 0.3) is 0 Å². The highest BCUT2D eigenvalue weighted by molar-refractivity contribution is 7.89. The van der Waals surface area contributed by atoms with Crippen molar-refractivity contribution in [2.45, 2.75) is 19.9 Å². The van der Waals surface area contributed by atoms with E-state index in [1.165, 1.54) is 0 Å². The molecule has 0 radical (unpaired) electrons. The molecule has 0 heterocycles. The van der Waals surface area contributed by atoms with Crippen LogP contribution >= 0.6 is 0 Å². The van der Waals surface area contributed by atoms with Gasteiger partial charge in [-0.15, -0.1) is 0 Å². The highest BCUT2D eigenvalue weighted by atomic mass is 32.2. The van der Waals surface area contributed by atoms with Crippen molar-refractivity contribution >= 4 is 15.7 Å². The largest absolute Gasteiger partial charge is 0.492 e. The van der Waals surface area contributed by atoms with Crippen LogP contribution in [0, 0.1) is 0 Å². The van der Waals surface area contributed by atoms with Crippen LogP contribution < -0.4 is 15.2 Å². The number of benzene rings is 1. The van der Waals surface area contributed by atoms with E-state index in [0.717, 1.165) is 0 Å². The number of ether oxygens (including phenoxy) is 1. The second-order valence-corrected chi connectivity index (χ2v) is 5.88. The minimum atomic E-state index is -3.26. The lowest BCUT2D eigenvalue weighted by atomic mass is 10.3. The highest BCUT2D eigenvalue weighted by Gasteiger charge is 2.11. The van der Waals surface area contributed by atoms with Crippen molar-refractivity contribution in [1.82, 2.24) is 4.72 Å². The molecule has 0 bridgehead atoms. The lowest BCUT2D eigenvalue weighted by Crippen LogP contribution is -2.34. The number of sulfonamides is 1. The number of hydrogen-bond donors (Lipinski definition) is 2. The molecule has 6 heteroatoms. The van der Waals surface area contributed by atoms with Crippen LogP contribution in [0.1, 0.15) is 13.8 Å². The number of rotatable bonds is 6. The van der Waals surface area contributed by atoms with Crippen molar-refractivity contribution in [3.05, 3.63) is 24.3 Å². The molecular formula is C11H18N2O3S. The molecule has 0 saturated carbocycles. The molecule has 0 spiro atoms. The fourth-order valence-corrected chi connectivity index (χ4v) is 2.39. The van der Waals surface area contributed by atoms with Gasteiger partial charge in [0, 0.05) is 11.7 Å². The van der Waals surface area contributed by atoms with E-state index in [1.807, 2.05) is 0 Å². The zero-order valence-electron chi connectivity index (χ0n) is 10.0. The first kappa shape index (κ1) is 13.8. The monoisotopic (exact) mass is 258 g/mol. The van der Waals surface area contributed by atoms with E-state index >= 15 is 0 Å². The van der Waals surface area contributed by atoms with Gasteiger partial charge in [-0.2, -0.15) is 0 Å². The summed E-state index contributed by atoms with van der Waals surface area (Å²) in [4.78, 5) is 0. The molecule has 1 rings (SSSR count). The van der Waals surface area contributed by atoms with Gasteiger partial charge in [0.1, 0.15) is 12.4 Å². The average molecular weight is 258 g/mol. The average Bonchev–Trinajstić information content (AvgIpc) is 2.18. The Morgan fingerprint density at radius 2 is 1.88 bits per heavy atom. The Kier molecular flexibility index (Phi) is 4.77. The molecule has 1 aromatic carbocycles. The first-order valence-electron chi connectivity index (χ1n) is 5.37. The Hall–Kier alpha value is -1.27. The van der Waals surface area contributed by atoms with Gasteiger partial charge in [-0.3, -0.25) is 0 Å². The Bertz CT molecular complexity index is 440. The quantitative estimate of drug-likeness (QED) is 0.745. The highest BCUT2D eigenvalue weighted by Crippen LogP contribution is 2.12. The van der Waals surface area contributed by atoms with E-state index in [2.05, 4.69) is 4.72 Å². The van der Waals surface area contributed by atoms with Gasteiger partial charge >= 0.3 is 0 Å². The summed E-state index contributed by atoms with van der Waals surface area (Å²) in [5, 5.41) is 0. The van der Waals surface area contributed by atoms with Gasteiger partial charge in [-0.05, 0) is 38.1 Å². The summed E-state index contributed by atoms with van der Waals surface area (Å²) in [5.41, 5.74) is 6.16. The first-order chi connectivity index (χ1) is 7.89. The van der Waals surface area contributed by atoms with Gasteiger partial charge in [0.15, 0.2) is 0 Å². The van der Waals surface area contributed by atoms with Crippen molar-refractivity contribution in [1.29, 1.82) is 0 Å². The SMILES string of the molecule is CC(C)NS(=O)(=O)CCOc1ccc(N)cc1. The molecule has 1 aromatic rings.